The predicted molar refractivity (Wildman–Crippen MR) is 85.9 cm³/mol. The van der Waals surface area contributed by atoms with Gasteiger partial charge < -0.3 is 0 Å². The van der Waals surface area contributed by atoms with E-state index in [1.165, 1.54) is 6.07 Å². The van der Waals surface area contributed by atoms with Crippen LogP contribution < -0.4 is 4.72 Å². The maximum Gasteiger partial charge on any atom is 0.242 e. The van der Waals surface area contributed by atoms with Crippen molar-refractivity contribution in [2.75, 3.05) is 5.33 Å². The number of rotatable bonds is 4. The van der Waals surface area contributed by atoms with Crippen LogP contribution in [0.4, 0.5) is 4.39 Å². The van der Waals surface area contributed by atoms with Gasteiger partial charge >= 0.3 is 0 Å². The Bertz CT molecular complexity index is 625. The Balaban J connectivity index is 2.33. The van der Waals surface area contributed by atoms with E-state index >= 15 is 0 Å². The zero-order valence-corrected chi connectivity index (χ0v) is 14.9. The molecule has 1 aliphatic carbocycles. The van der Waals surface area contributed by atoms with E-state index in [-0.39, 0.29) is 9.92 Å². The largest absolute Gasteiger partial charge is 0.242 e. The van der Waals surface area contributed by atoms with E-state index in [2.05, 4.69) is 27.6 Å². The summed E-state index contributed by atoms with van der Waals surface area (Å²) in [6.07, 6.45) is 3.57. The maximum atomic E-state index is 13.3. The van der Waals surface area contributed by atoms with Crippen molar-refractivity contribution in [2.24, 2.45) is 5.92 Å². The Morgan fingerprint density at radius 3 is 2.86 bits per heavy atom. The molecule has 0 amide bonds. The van der Waals surface area contributed by atoms with Gasteiger partial charge in [-0.2, -0.15) is 0 Å². The van der Waals surface area contributed by atoms with Gasteiger partial charge in [-0.05, 0) is 37.0 Å². The maximum absolute atomic E-state index is 13.3. The van der Waals surface area contributed by atoms with Crippen molar-refractivity contribution in [1.29, 1.82) is 0 Å². The first-order chi connectivity index (χ1) is 9.78. The lowest BCUT2D eigenvalue weighted by Crippen LogP contribution is -2.52. The Morgan fingerprint density at radius 2 is 2.24 bits per heavy atom. The summed E-state index contributed by atoms with van der Waals surface area (Å²) in [5.74, 6) is -0.174. The molecular weight excluding hydrogens is 381 g/mol. The van der Waals surface area contributed by atoms with E-state index in [0.29, 0.717) is 11.2 Å². The van der Waals surface area contributed by atoms with Gasteiger partial charge in [-0.1, -0.05) is 47.3 Å². The Morgan fingerprint density at radius 1 is 1.52 bits per heavy atom. The summed E-state index contributed by atoms with van der Waals surface area (Å²) in [7, 11) is -3.86. The summed E-state index contributed by atoms with van der Waals surface area (Å²) in [4.78, 5) is -0.206. The number of nitrogens with one attached hydrogen (secondary N) is 1. The lowest BCUT2D eigenvalue weighted by Gasteiger charge is -2.39. The molecule has 1 saturated carbocycles. The van der Waals surface area contributed by atoms with Crippen molar-refractivity contribution in [3.63, 3.8) is 0 Å². The molecule has 0 spiro atoms. The first-order valence-corrected chi connectivity index (χ1v) is 9.81. The number of benzene rings is 1. The van der Waals surface area contributed by atoms with Crippen LogP contribution in [0.5, 0.6) is 0 Å². The second-order valence-electron chi connectivity index (χ2n) is 5.80. The van der Waals surface area contributed by atoms with Gasteiger partial charge in [-0.25, -0.2) is 17.5 Å². The second kappa shape index (κ2) is 6.52. The first-order valence-electron chi connectivity index (χ1n) is 6.83. The standard InChI is InChI=1S/C14H18BrClFNO2S/c1-10-3-2-6-14(8-10,9-15)18-21(19,20)13-7-11(17)4-5-12(13)16/h4-5,7,10,18H,2-3,6,8-9H2,1H3. The summed E-state index contributed by atoms with van der Waals surface area (Å²) >= 11 is 9.34. The van der Waals surface area contributed by atoms with Crippen LogP contribution in [0.2, 0.25) is 5.02 Å². The number of hydrogen-bond donors (Lipinski definition) is 1. The predicted octanol–water partition coefficient (Wildman–Crippen LogP) is 4.10. The van der Waals surface area contributed by atoms with Crippen molar-refractivity contribution in [3.05, 3.63) is 29.0 Å². The molecule has 2 unspecified atom stereocenters. The molecule has 1 N–H and O–H groups in total. The van der Waals surface area contributed by atoms with Crippen LogP contribution >= 0.6 is 27.5 Å². The molecule has 0 aromatic heterocycles. The second-order valence-corrected chi connectivity index (χ2v) is 8.41. The molecule has 1 fully saturated rings. The fourth-order valence-electron chi connectivity index (χ4n) is 2.92. The zero-order valence-electron chi connectivity index (χ0n) is 11.7. The van der Waals surface area contributed by atoms with Crippen molar-refractivity contribution >= 4 is 37.6 Å². The van der Waals surface area contributed by atoms with E-state index in [4.69, 9.17) is 11.6 Å². The molecule has 2 rings (SSSR count). The van der Waals surface area contributed by atoms with Gasteiger partial charge in [0.1, 0.15) is 10.7 Å². The quantitative estimate of drug-likeness (QED) is 0.776. The van der Waals surface area contributed by atoms with Crippen LogP contribution in [-0.4, -0.2) is 19.3 Å². The van der Waals surface area contributed by atoms with E-state index in [1.807, 2.05) is 0 Å². The summed E-state index contributed by atoms with van der Waals surface area (Å²) in [6, 6.07) is 3.36. The Kier molecular flexibility index (Phi) is 5.34. The van der Waals surface area contributed by atoms with E-state index in [0.717, 1.165) is 37.8 Å². The summed E-state index contributed by atoms with van der Waals surface area (Å²) in [5, 5.41) is 0.550. The fraction of sp³-hybridized carbons (Fsp3) is 0.571. The smallest absolute Gasteiger partial charge is 0.207 e. The zero-order chi connectivity index (χ0) is 15.7. The van der Waals surface area contributed by atoms with Gasteiger partial charge in [0.25, 0.3) is 0 Å². The molecule has 118 valence electrons. The van der Waals surface area contributed by atoms with Crippen LogP contribution in [-0.2, 0) is 10.0 Å². The third-order valence-corrected chi connectivity index (χ3v) is 7.01. The van der Waals surface area contributed by atoms with Crippen LogP contribution in [0, 0.1) is 11.7 Å². The minimum absolute atomic E-state index is 0.0254. The van der Waals surface area contributed by atoms with Gasteiger partial charge in [0, 0.05) is 10.9 Å². The van der Waals surface area contributed by atoms with Crippen molar-refractivity contribution in [3.8, 4) is 0 Å². The summed E-state index contributed by atoms with van der Waals surface area (Å²) in [5.41, 5.74) is -0.536. The molecule has 0 bridgehead atoms. The molecule has 2 atom stereocenters. The molecule has 1 aromatic carbocycles. The summed E-state index contributed by atoms with van der Waals surface area (Å²) in [6.45, 7) is 2.11. The van der Waals surface area contributed by atoms with Crippen LogP contribution in [0.25, 0.3) is 0 Å². The van der Waals surface area contributed by atoms with Gasteiger partial charge in [0.15, 0.2) is 0 Å². The normalized spacial score (nSPS) is 26.8. The Hall–Kier alpha value is -0.170. The Labute approximate surface area is 138 Å². The summed E-state index contributed by atoms with van der Waals surface area (Å²) < 4.78 is 41.2. The van der Waals surface area contributed by atoms with Crippen molar-refractivity contribution < 1.29 is 12.8 Å². The molecule has 3 nitrogen and oxygen atoms in total. The first kappa shape index (κ1) is 17.2. The molecule has 7 heteroatoms. The van der Waals surface area contributed by atoms with Crippen molar-refractivity contribution in [2.45, 2.75) is 43.0 Å². The lowest BCUT2D eigenvalue weighted by atomic mass is 9.78. The topological polar surface area (TPSA) is 46.2 Å². The molecule has 0 radical (unpaired) electrons. The molecule has 1 aromatic rings. The SMILES string of the molecule is CC1CCCC(CBr)(NS(=O)(=O)c2cc(F)ccc2Cl)C1. The van der Waals surface area contributed by atoms with Gasteiger partial charge in [0.05, 0.1) is 5.02 Å². The highest BCUT2D eigenvalue weighted by molar-refractivity contribution is 9.09. The minimum Gasteiger partial charge on any atom is -0.207 e. The average Bonchev–Trinajstić information content (AvgIpc) is 2.41. The van der Waals surface area contributed by atoms with Gasteiger partial charge in [-0.15, -0.1) is 0 Å². The molecule has 1 aliphatic rings. The molecule has 0 heterocycles. The molecule has 0 aliphatic heterocycles. The highest BCUT2D eigenvalue weighted by atomic mass is 79.9. The highest BCUT2D eigenvalue weighted by Crippen LogP contribution is 2.35. The van der Waals surface area contributed by atoms with Gasteiger partial charge in [-0.3, -0.25) is 0 Å². The van der Waals surface area contributed by atoms with Crippen LogP contribution in [0.1, 0.15) is 32.6 Å². The van der Waals surface area contributed by atoms with E-state index in [1.54, 1.807) is 0 Å². The third-order valence-electron chi connectivity index (χ3n) is 3.88. The van der Waals surface area contributed by atoms with Crippen LogP contribution in [0.15, 0.2) is 23.1 Å². The molecular formula is C14H18BrClFNO2S. The lowest BCUT2D eigenvalue weighted by molar-refractivity contribution is 0.241. The average molecular weight is 399 g/mol. The number of hydrogen-bond acceptors (Lipinski definition) is 2. The van der Waals surface area contributed by atoms with Crippen LogP contribution in [0.3, 0.4) is 0 Å². The number of halogens is 3. The number of alkyl halides is 1. The fourth-order valence-corrected chi connectivity index (χ4v) is 5.71. The third kappa shape index (κ3) is 3.97. The number of sulfonamides is 1. The molecule has 21 heavy (non-hydrogen) atoms. The van der Waals surface area contributed by atoms with E-state index < -0.39 is 21.4 Å². The highest BCUT2D eigenvalue weighted by Gasteiger charge is 2.38. The monoisotopic (exact) mass is 397 g/mol. The minimum atomic E-state index is -3.86. The van der Waals surface area contributed by atoms with E-state index in [9.17, 15) is 12.8 Å². The molecule has 0 saturated heterocycles. The van der Waals surface area contributed by atoms with Crippen molar-refractivity contribution in [1.82, 2.24) is 4.72 Å². The van der Waals surface area contributed by atoms with Gasteiger partial charge in [0.2, 0.25) is 10.0 Å².